The van der Waals surface area contributed by atoms with Gasteiger partial charge in [0.15, 0.2) is 6.61 Å². The Labute approximate surface area is 140 Å². The van der Waals surface area contributed by atoms with E-state index in [9.17, 15) is 9.59 Å². The number of carbonyl (C=O) groups excluding carboxylic acids is 2. The van der Waals surface area contributed by atoms with Crippen LogP contribution in [-0.4, -0.2) is 18.5 Å². The van der Waals surface area contributed by atoms with Crippen LogP contribution in [0.25, 0.3) is 0 Å². The van der Waals surface area contributed by atoms with Crippen molar-refractivity contribution in [1.82, 2.24) is 0 Å². The normalized spacial score (nSPS) is 10.3. The number of aryl methyl sites for hydroxylation is 3. The number of benzene rings is 2. The van der Waals surface area contributed by atoms with Crippen LogP contribution in [0.4, 0.5) is 5.69 Å². The first-order valence-electron chi connectivity index (χ1n) is 7.17. The lowest BCUT2D eigenvalue weighted by Gasteiger charge is -2.10. The third-order valence-electron chi connectivity index (χ3n) is 3.41. The second-order valence-corrected chi connectivity index (χ2v) is 5.84. The predicted molar refractivity (Wildman–Crippen MR) is 91.0 cm³/mol. The molecular weight excluding hydrogens is 314 g/mol. The fraction of sp³-hybridized carbons (Fsp3) is 0.222. The highest BCUT2D eigenvalue weighted by atomic mass is 35.5. The molecule has 2 aromatic rings. The fourth-order valence-corrected chi connectivity index (χ4v) is 2.34. The van der Waals surface area contributed by atoms with Crippen molar-refractivity contribution in [1.29, 1.82) is 0 Å². The summed E-state index contributed by atoms with van der Waals surface area (Å²) in [7, 11) is 0. The molecule has 23 heavy (non-hydrogen) atoms. The van der Waals surface area contributed by atoms with Crippen LogP contribution in [0.15, 0.2) is 36.4 Å². The first kappa shape index (κ1) is 17.0. The van der Waals surface area contributed by atoms with Crippen molar-refractivity contribution in [2.45, 2.75) is 20.8 Å². The van der Waals surface area contributed by atoms with Crippen molar-refractivity contribution in [3.8, 4) is 0 Å². The monoisotopic (exact) mass is 331 g/mol. The summed E-state index contributed by atoms with van der Waals surface area (Å²) in [5, 5.41) is 3.21. The van der Waals surface area contributed by atoms with Crippen molar-refractivity contribution in [3.05, 3.63) is 63.7 Å². The Balaban J connectivity index is 1.96. The molecule has 0 aliphatic heterocycles. The van der Waals surface area contributed by atoms with Crippen molar-refractivity contribution < 1.29 is 14.3 Å². The van der Waals surface area contributed by atoms with Gasteiger partial charge in [-0.15, -0.1) is 0 Å². The molecule has 0 heterocycles. The van der Waals surface area contributed by atoms with E-state index in [2.05, 4.69) is 5.32 Å². The summed E-state index contributed by atoms with van der Waals surface area (Å²) in [5.74, 6) is -0.922. The lowest BCUT2D eigenvalue weighted by atomic mass is 10.1. The first-order chi connectivity index (χ1) is 10.9. The van der Waals surface area contributed by atoms with E-state index in [0.717, 1.165) is 16.7 Å². The molecule has 0 radical (unpaired) electrons. The standard InChI is InChI=1S/C18H18ClNO3/c1-11-4-7-15(13(3)8-11)18(22)23-10-17(21)20-16-9-14(19)6-5-12(16)2/h4-9H,10H2,1-3H3,(H,20,21). The minimum Gasteiger partial charge on any atom is -0.452 e. The molecule has 120 valence electrons. The largest absolute Gasteiger partial charge is 0.452 e. The van der Waals surface area contributed by atoms with Gasteiger partial charge >= 0.3 is 5.97 Å². The van der Waals surface area contributed by atoms with Crippen LogP contribution in [0.5, 0.6) is 0 Å². The zero-order valence-electron chi connectivity index (χ0n) is 13.3. The Morgan fingerprint density at radius 2 is 1.78 bits per heavy atom. The molecule has 4 nitrogen and oxygen atoms in total. The highest BCUT2D eigenvalue weighted by Crippen LogP contribution is 2.20. The number of anilines is 1. The van der Waals surface area contributed by atoms with Gasteiger partial charge in [0.2, 0.25) is 0 Å². The molecule has 5 heteroatoms. The van der Waals surface area contributed by atoms with Gasteiger partial charge in [-0.05, 0) is 50.1 Å². The Kier molecular flexibility index (Phi) is 5.40. The maximum atomic E-state index is 12.0. The van der Waals surface area contributed by atoms with Crippen LogP contribution in [0, 0.1) is 20.8 Å². The van der Waals surface area contributed by atoms with Crippen LogP contribution in [-0.2, 0) is 9.53 Å². The molecule has 0 unspecified atom stereocenters. The number of hydrogen-bond acceptors (Lipinski definition) is 3. The molecule has 0 saturated heterocycles. The number of nitrogens with one attached hydrogen (secondary N) is 1. The van der Waals surface area contributed by atoms with E-state index in [4.69, 9.17) is 16.3 Å². The van der Waals surface area contributed by atoms with Gasteiger partial charge in [0.05, 0.1) is 5.56 Å². The third-order valence-corrected chi connectivity index (χ3v) is 3.64. The Hall–Kier alpha value is -2.33. The Bertz CT molecular complexity index is 756. The van der Waals surface area contributed by atoms with Crippen molar-refractivity contribution in [2.24, 2.45) is 0 Å². The summed E-state index contributed by atoms with van der Waals surface area (Å²) in [6.07, 6.45) is 0. The molecule has 1 amide bonds. The van der Waals surface area contributed by atoms with Crippen LogP contribution < -0.4 is 5.32 Å². The lowest BCUT2D eigenvalue weighted by Crippen LogP contribution is -2.21. The molecule has 0 fully saturated rings. The molecule has 0 aliphatic rings. The molecule has 0 spiro atoms. The van der Waals surface area contributed by atoms with E-state index in [1.807, 2.05) is 32.9 Å². The lowest BCUT2D eigenvalue weighted by molar-refractivity contribution is -0.119. The smallest absolute Gasteiger partial charge is 0.338 e. The summed E-state index contributed by atoms with van der Waals surface area (Å²) >= 11 is 5.90. The molecule has 0 bridgehead atoms. The molecule has 0 aromatic heterocycles. The zero-order chi connectivity index (χ0) is 17.0. The van der Waals surface area contributed by atoms with Gasteiger partial charge in [-0.25, -0.2) is 4.79 Å². The quantitative estimate of drug-likeness (QED) is 0.859. The number of ether oxygens (including phenoxy) is 1. The van der Waals surface area contributed by atoms with E-state index in [0.29, 0.717) is 16.3 Å². The van der Waals surface area contributed by atoms with E-state index < -0.39 is 11.9 Å². The summed E-state index contributed by atoms with van der Waals surface area (Å²) in [4.78, 5) is 24.0. The second kappa shape index (κ2) is 7.29. The molecule has 0 aliphatic carbocycles. The molecule has 1 N–H and O–H groups in total. The number of esters is 1. The predicted octanol–water partition coefficient (Wildman–Crippen LogP) is 4.06. The van der Waals surface area contributed by atoms with Gasteiger partial charge in [-0.3, -0.25) is 4.79 Å². The summed E-state index contributed by atoms with van der Waals surface area (Å²) in [5.41, 5.74) is 3.82. The van der Waals surface area contributed by atoms with Gasteiger partial charge < -0.3 is 10.1 Å². The zero-order valence-corrected chi connectivity index (χ0v) is 14.0. The summed E-state index contributed by atoms with van der Waals surface area (Å²) < 4.78 is 5.07. The Morgan fingerprint density at radius 1 is 1.04 bits per heavy atom. The van der Waals surface area contributed by atoms with Crippen molar-refractivity contribution in [3.63, 3.8) is 0 Å². The average molecular weight is 332 g/mol. The topological polar surface area (TPSA) is 55.4 Å². The van der Waals surface area contributed by atoms with Gasteiger partial charge in [-0.2, -0.15) is 0 Å². The second-order valence-electron chi connectivity index (χ2n) is 5.40. The van der Waals surface area contributed by atoms with Crippen LogP contribution in [0.2, 0.25) is 5.02 Å². The number of carbonyl (C=O) groups is 2. The van der Waals surface area contributed by atoms with Gasteiger partial charge in [0.1, 0.15) is 0 Å². The van der Waals surface area contributed by atoms with E-state index >= 15 is 0 Å². The highest BCUT2D eigenvalue weighted by molar-refractivity contribution is 6.31. The number of halogens is 1. The SMILES string of the molecule is Cc1ccc(C(=O)OCC(=O)Nc2cc(Cl)ccc2C)c(C)c1. The molecule has 0 saturated carbocycles. The van der Waals surface area contributed by atoms with Gasteiger partial charge in [0, 0.05) is 10.7 Å². The first-order valence-corrected chi connectivity index (χ1v) is 7.55. The third kappa shape index (κ3) is 4.57. The van der Waals surface area contributed by atoms with Crippen LogP contribution in [0.3, 0.4) is 0 Å². The average Bonchev–Trinajstić information content (AvgIpc) is 2.48. The molecule has 2 aromatic carbocycles. The van der Waals surface area contributed by atoms with Gasteiger partial charge in [0.25, 0.3) is 5.91 Å². The number of rotatable bonds is 4. The van der Waals surface area contributed by atoms with Gasteiger partial charge in [-0.1, -0.05) is 35.4 Å². The molecular formula is C18H18ClNO3. The van der Waals surface area contributed by atoms with Crippen molar-refractivity contribution >= 4 is 29.2 Å². The maximum Gasteiger partial charge on any atom is 0.338 e. The summed E-state index contributed by atoms with van der Waals surface area (Å²) in [6.45, 7) is 5.29. The van der Waals surface area contributed by atoms with Crippen LogP contribution >= 0.6 is 11.6 Å². The summed E-state index contributed by atoms with van der Waals surface area (Å²) in [6, 6.07) is 10.6. The van der Waals surface area contributed by atoms with E-state index in [-0.39, 0.29) is 6.61 Å². The van der Waals surface area contributed by atoms with Crippen LogP contribution in [0.1, 0.15) is 27.0 Å². The molecule has 2 rings (SSSR count). The van der Waals surface area contributed by atoms with Crippen molar-refractivity contribution in [2.75, 3.05) is 11.9 Å². The number of hydrogen-bond donors (Lipinski definition) is 1. The fourth-order valence-electron chi connectivity index (χ4n) is 2.17. The highest BCUT2D eigenvalue weighted by Gasteiger charge is 2.13. The van der Waals surface area contributed by atoms with E-state index in [1.165, 1.54) is 0 Å². The Morgan fingerprint density at radius 3 is 2.48 bits per heavy atom. The minimum absolute atomic E-state index is 0.349. The van der Waals surface area contributed by atoms with E-state index in [1.54, 1.807) is 24.3 Å². The molecule has 0 atom stereocenters. The minimum atomic E-state index is -0.513. The maximum absolute atomic E-state index is 12.0. The number of amides is 1.